The van der Waals surface area contributed by atoms with Crippen LogP contribution < -0.4 is 21.5 Å². The molecule has 3 N–H and O–H groups in total. The summed E-state index contributed by atoms with van der Waals surface area (Å²) in [6.45, 7) is 2.29. The van der Waals surface area contributed by atoms with Gasteiger partial charge in [0.05, 0.1) is 12.2 Å². The first-order valence-electron chi connectivity index (χ1n) is 9.70. The second-order valence-corrected chi connectivity index (χ2v) is 6.95. The van der Waals surface area contributed by atoms with E-state index in [9.17, 15) is 13.6 Å². The number of aromatic nitrogens is 5. The second kappa shape index (κ2) is 8.99. The van der Waals surface area contributed by atoms with Crippen molar-refractivity contribution < 1.29 is 13.5 Å². The van der Waals surface area contributed by atoms with Crippen molar-refractivity contribution >= 4 is 5.69 Å². The first-order chi connectivity index (χ1) is 15.5. The Labute approximate surface area is 181 Å². The van der Waals surface area contributed by atoms with Gasteiger partial charge in [-0.05, 0) is 36.6 Å². The molecule has 0 bridgehead atoms. The van der Waals surface area contributed by atoms with E-state index in [-0.39, 0.29) is 18.7 Å². The van der Waals surface area contributed by atoms with E-state index < -0.39 is 11.8 Å². The molecule has 164 valence electrons. The molecule has 1 aliphatic heterocycles. The fourth-order valence-electron chi connectivity index (χ4n) is 3.09. The van der Waals surface area contributed by atoms with Crippen molar-refractivity contribution in [3.8, 4) is 23.5 Å². The number of anilines is 1. The lowest BCUT2D eigenvalue weighted by Crippen LogP contribution is -2.27. The second-order valence-electron chi connectivity index (χ2n) is 6.95. The monoisotopic (exact) mass is 439 g/mol. The van der Waals surface area contributed by atoms with Crippen LogP contribution in [0.2, 0.25) is 0 Å². The van der Waals surface area contributed by atoms with Crippen LogP contribution >= 0.6 is 0 Å². The number of nitrogens with two attached hydrogens (primary N) is 1. The summed E-state index contributed by atoms with van der Waals surface area (Å²) in [5, 5.41) is 7.08. The van der Waals surface area contributed by atoms with Gasteiger partial charge in [0, 0.05) is 30.4 Å². The Morgan fingerprint density at radius 2 is 2.19 bits per heavy atom. The molecule has 0 unspecified atom stereocenters. The Hall–Kier alpha value is -4.04. The predicted octanol–water partition coefficient (Wildman–Crippen LogP) is 1.45. The van der Waals surface area contributed by atoms with Crippen molar-refractivity contribution in [3.63, 3.8) is 0 Å². The highest BCUT2D eigenvalue weighted by Gasteiger charge is 2.14. The van der Waals surface area contributed by atoms with Gasteiger partial charge >= 0.3 is 5.69 Å². The highest BCUT2D eigenvalue weighted by atomic mass is 19.3. The zero-order chi connectivity index (χ0) is 22.7. The number of nitrogens with one attached hydrogen (secondary N) is 1. The van der Waals surface area contributed by atoms with E-state index in [0.717, 1.165) is 16.9 Å². The number of pyridine rings is 2. The lowest BCUT2D eigenvalue weighted by Gasteiger charge is -2.17. The van der Waals surface area contributed by atoms with Crippen molar-refractivity contribution in [1.82, 2.24) is 24.3 Å². The average Bonchev–Trinajstić information content (AvgIpc) is 3.15. The van der Waals surface area contributed by atoms with Gasteiger partial charge in [0.15, 0.2) is 0 Å². The Kier molecular flexibility index (Phi) is 5.96. The maximum Gasteiger partial charge on any atom is 0.351 e. The van der Waals surface area contributed by atoms with Crippen molar-refractivity contribution in [1.29, 1.82) is 0 Å². The maximum atomic E-state index is 12.8. The van der Waals surface area contributed by atoms with Crippen LogP contribution in [-0.2, 0) is 6.54 Å². The third-order valence-corrected chi connectivity index (χ3v) is 4.72. The molecule has 0 saturated heterocycles. The van der Waals surface area contributed by atoms with Gasteiger partial charge < -0.3 is 15.8 Å². The Balaban J connectivity index is 1.57. The third kappa shape index (κ3) is 4.35. The molecule has 0 aliphatic carbocycles. The number of hydrogen-bond acceptors (Lipinski definition) is 7. The maximum absolute atomic E-state index is 12.8. The fraction of sp³-hybridized carbons (Fsp3) is 0.238. The smallest absolute Gasteiger partial charge is 0.351 e. The molecular weight excluding hydrogens is 420 g/mol. The van der Waals surface area contributed by atoms with Crippen molar-refractivity contribution in [2.45, 2.75) is 13.5 Å². The Morgan fingerprint density at radius 1 is 1.34 bits per heavy atom. The van der Waals surface area contributed by atoms with Crippen LogP contribution in [0.4, 0.5) is 14.5 Å². The summed E-state index contributed by atoms with van der Waals surface area (Å²) < 4.78 is 33.3. The standard InChI is InChI=1S/C21H19F2N7O2/c1-13-8-14(2-3-16-4-5-17-20(28-16)32-7-6-25-17)10-26-19(13)29-12-27-30(21(29)31)11-15(9-24)18(22)23/h4-5,8,10,12,25H,6-7,9,11,24H2,1H3. The van der Waals surface area contributed by atoms with E-state index in [1.807, 2.05) is 6.07 Å². The van der Waals surface area contributed by atoms with Gasteiger partial charge in [-0.1, -0.05) is 5.92 Å². The van der Waals surface area contributed by atoms with Crippen LogP contribution in [0.25, 0.3) is 5.82 Å². The summed E-state index contributed by atoms with van der Waals surface area (Å²) in [5.74, 6) is 6.81. The molecular formula is C21H19F2N7O2. The van der Waals surface area contributed by atoms with Crippen LogP contribution in [0.1, 0.15) is 16.8 Å². The van der Waals surface area contributed by atoms with Crippen molar-refractivity contribution in [3.05, 3.63) is 69.7 Å². The van der Waals surface area contributed by atoms with Crippen LogP contribution in [-0.4, -0.2) is 44.0 Å². The lowest BCUT2D eigenvalue weighted by atomic mass is 10.2. The van der Waals surface area contributed by atoms with Crippen molar-refractivity contribution in [2.24, 2.45) is 5.73 Å². The van der Waals surface area contributed by atoms with Gasteiger partial charge in [0.1, 0.15) is 24.4 Å². The van der Waals surface area contributed by atoms with E-state index in [1.165, 1.54) is 17.1 Å². The van der Waals surface area contributed by atoms with Gasteiger partial charge in [-0.2, -0.15) is 13.9 Å². The van der Waals surface area contributed by atoms with Crippen molar-refractivity contribution in [2.75, 3.05) is 25.0 Å². The molecule has 0 saturated carbocycles. The number of ether oxygens (including phenoxy) is 1. The summed E-state index contributed by atoms with van der Waals surface area (Å²) >= 11 is 0. The summed E-state index contributed by atoms with van der Waals surface area (Å²) in [6.07, 6.45) is 0.836. The van der Waals surface area contributed by atoms with Gasteiger partial charge in [0.2, 0.25) is 5.88 Å². The Bertz CT molecular complexity index is 1310. The first kappa shape index (κ1) is 21.2. The van der Waals surface area contributed by atoms with E-state index in [0.29, 0.717) is 35.1 Å². The number of aryl methyl sites for hydroxylation is 1. The molecule has 0 atom stereocenters. The summed E-state index contributed by atoms with van der Waals surface area (Å²) in [6, 6.07) is 5.42. The molecule has 3 aromatic heterocycles. The number of hydrogen-bond donors (Lipinski definition) is 2. The van der Waals surface area contributed by atoms with Gasteiger partial charge in [0.25, 0.3) is 6.08 Å². The van der Waals surface area contributed by atoms with Gasteiger partial charge in [-0.3, -0.25) is 0 Å². The normalized spacial score (nSPS) is 12.1. The summed E-state index contributed by atoms with van der Waals surface area (Å²) in [4.78, 5) is 21.2. The van der Waals surface area contributed by atoms with E-state index in [1.54, 1.807) is 19.1 Å². The average molecular weight is 439 g/mol. The summed E-state index contributed by atoms with van der Waals surface area (Å²) in [5.41, 5.74) is 7.02. The van der Waals surface area contributed by atoms with Crippen LogP contribution in [0.15, 0.2) is 47.2 Å². The number of nitrogens with zero attached hydrogens (tertiary/aromatic N) is 5. The quantitative estimate of drug-likeness (QED) is 0.592. The number of fused-ring (bicyclic) bond motifs is 1. The van der Waals surface area contributed by atoms with Gasteiger partial charge in [-0.15, -0.1) is 0 Å². The van der Waals surface area contributed by atoms with E-state index in [2.05, 4.69) is 32.2 Å². The zero-order valence-electron chi connectivity index (χ0n) is 17.1. The predicted molar refractivity (Wildman–Crippen MR) is 113 cm³/mol. The van der Waals surface area contributed by atoms with E-state index >= 15 is 0 Å². The minimum absolute atomic E-state index is 0.331. The molecule has 32 heavy (non-hydrogen) atoms. The molecule has 0 aromatic carbocycles. The first-order valence-corrected chi connectivity index (χ1v) is 9.70. The topological polar surface area (TPSA) is 113 Å². The SMILES string of the molecule is Cc1cc(C#Cc2ccc3c(n2)OCCN3)cnc1-n1cnn(CC(CN)=C(F)F)c1=O. The van der Waals surface area contributed by atoms with Crippen LogP contribution in [0, 0.1) is 18.8 Å². The number of halogens is 2. The van der Waals surface area contributed by atoms with E-state index in [4.69, 9.17) is 10.5 Å². The molecule has 11 heteroatoms. The molecule has 4 heterocycles. The zero-order valence-corrected chi connectivity index (χ0v) is 17.1. The Morgan fingerprint density at radius 3 is 2.94 bits per heavy atom. The molecule has 3 aromatic rings. The largest absolute Gasteiger partial charge is 0.474 e. The molecule has 0 radical (unpaired) electrons. The highest BCUT2D eigenvalue weighted by Crippen LogP contribution is 2.24. The highest BCUT2D eigenvalue weighted by molar-refractivity contribution is 5.56. The fourth-order valence-corrected chi connectivity index (χ4v) is 3.09. The molecule has 0 fully saturated rings. The minimum atomic E-state index is -1.91. The minimum Gasteiger partial charge on any atom is -0.474 e. The molecule has 9 nitrogen and oxygen atoms in total. The lowest BCUT2D eigenvalue weighted by molar-refractivity contribution is 0.310. The third-order valence-electron chi connectivity index (χ3n) is 4.72. The molecule has 1 aliphatic rings. The molecule has 4 rings (SSSR count). The van der Waals surface area contributed by atoms with Gasteiger partial charge in [-0.25, -0.2) is 24.0 Å². The van der Waals surface area contributed by atoms with Crippen LogP contribution in [0.5, 0.6) is 5.88 Å². The molecule has 0 amide bonds. The number of rotatable bonds is 4. The summed E-state index contributed by atoms with van der Waals surface area (Å²) in [7, 11) is 0. The molecule has 0 spiro atoms. The van der Waals surface area contributed by atoms with Crippen LogP contribution in [0.3, 0.4) is 0 Å².